The molecule has 6 N–H and O–H groups in total. The van der Waals surface area contributed by atoms with Crippen LogP contribution in [0.2, 0.25) is 0 Å². The van der Waals surface area contributed by atoms with E-state index in [0.717, 1.165) is 0 Å². The first-order valence-electron chi connectivity index (χ1n) is 10.5. The fraction of sp³-hybridized carbons (Fsp3) is 0.952. The van der Waals surface area contributed by atoms with E-state index in [9.17, 15) is 35.4 Å². The molecule has 9 nitrogen and oxygen atoms in total. The minimum atomic E-state index is -1.95. The van der Waals surface area contributed by atoms with Gasteiger partial charge in [0.2, 0.25) is 0 Å². The van der Waals surface area contributed by atoms with E-state index in [4.69, 9.17) is 9.47 Å². The molecule has 1 heterocycles. The maximum Gasteiger partial charge on any atom is 0.187 e. The number of carbonyl (C=O) groups excluding carboxylic acids is 1. The molecular weight excluding hydrogens is 396 g/mol. The molecule has 9 heteroatoms. The van der Waals surface area contributed by atoms with E-state index < -0.39 is 71.7 Å². The van der Waals surface area contributed by atoms with Crippen LogP contribution in [0.5, 0.6) is 0 Å². The fourth-order valence-electron chi connectivity index (χ4n) is 4.91. The second-order valence-corrected chi connectivity index (χ2v) is 10.3. The average molecular weight is 435 g/mol. The maximum atomic E-state index is 13.3. The zero-order valence-corrected chi connectivity index (χ0v) is 18.6. The molecule has 2 fully saturated rings. The minimum Gasteiger partial charge on any atom is -0.394 e. The molecule has 0 spiro atoms. The van der Waals surface area contributed by atoms with Crippen molar-refractivity contribution in [3.8, 4) is 0 Å². The summed E-state index contributed by atoms with van der Waals surface area (Å²) < 4.78 is 11.4. The van der Waals surface area contributed by atoms with Crippen LogP contribution in [0.4, 0.5) is 0 Å². The molecule has 1 saturated carbocycles. The van der Waals surface area contributed by atoms with E-state index in [-0.39, 0.29) is 12.3 Å². The third-order valence-corrected chi connectivity index (χ3v) is 6.69. The highest BCUT2D eigenvalue weighted by molar-refractivity contribution is 5.94. The van der Waals surface area contributed by atoms with Gasteiger partial charge in [0, 0.05) is 5.41 Å². The van der Waals surface area contributed by atoms with Crippen molar-refractivity contribution in [3.63, 3.8) is 0 Å². The van der Waals surface area contributed by atoms with E-state index in [2.05, 4.69) is 0 Å². The lowest BCUT2D eigenvalue weighted by molar-refractivity contribution is -0.338. The van der Waals surface area contributed by atoms with E-state index in [1.165, 1.54) is 0 Å². The Balaban J connectivity index is 2.36. The standard InChI is InChI=1S/C21H38O9/c1-10(2)7-8-21(28)16(26)19(3,4)18(20(5,6)17(21)27)30-15-14(25)13(24)12(23)11(9-22)29-15/h10-16,18,22-26,28H,7-9H2,1-6H3/t11-,12-,13+,14-,15+,16+,18-,21-/m1/s1. The monoisotopic (exact) mass is 434 g/mol. The molecule has 0 aromatic rings. The van der Waals surface area contributed by atoms with Crippen molar-refractivity contribution < 1.29 is 44.9 Å². The van der Waals surface area contributed by atoms with Gasteiger partial charge in [-0.1, -0.05) is 41.5 Å². The number of carbonyl (C=O) groups is 1. The van der Waals surface area contributed by atoms with Gasteiger partial charge in [0.25, 0.3) is 0 Å². The van der Waals surface area contributed by atoms with Gasteiger partial charge in [0.05, 0.1) is 24.2 Å². The van der Waals surface area contributed by atoms with Crippen molar-refractivity contribution in [1.29, 1.82) is 0 Å². The van der Waals surface area contributed by atoms with E-state index >= 15 is 0 Å². The number of hydrogen-bond donors (Lipinski definition) is 6. The Morgan fingerprint density at radius 3 is 2.10 bits per heavy atom. The number of Topliss-reactive ketones (excluding diaryl/α,β-unsaturated/α-hetero) is 1. The van der Waals surface area contributed by atoms with Gasteiger partial charge in [-0.2, -0.15) is 0 Å². The minimum absolute atomic E-state index is 0.101. The zero-order valence-electron chi connectivity index (χ0n) is 18.6. The third-order valence-electron chi connectivity index (χ3n) is 6.69. The van der Waals surface area contributed by atoms with Crippen LogP contribution in [-0.2, 0) is 14.3 Å². The van der Waals surface area contributed by atoms with E-state index in [1.807, 2.05) is 13.8 Å². The third kappa shape index (κ3) is 4.19. The fourth-order valence-corrected chi connectivity index (χ4v) is 4.91. The first-order valence-corrected chi connectivity index (χ1v) is 10.5. The van der Waals surface area contributed by atoms with Gasteiger partial charge < -0.3 is 40.1 Å². The molecule has 0 bridgehead atoms. The van der Waals surface area contributed by atoms with Gasteiger partial charge in [0.15, 0.2) is 12.1 Å². The van der Waals surface area contributed by atoms with Gasteiger partial charge in [-0.3, -0.25) is 4.79 Å². The van der Waals surface area contributed by atoms with Crippen molar-refractivity contribution in [2.24, 2.45) is 16.7 Å². The lowest BCUT2D eigenvalue weighted by atomic mass is 9.54. The van der Waals surface area contributed by atoms with Crippen molar-refractivity contribution in [1.82, 2.24) is 0 Å². The van der Waals surface area contributed by atoms with Crippen LogP contribution in [0.1, 0.15) is 54.4 Å². The van der Waals surface area contributed by atoms with Crippen molar-refractivity contribution in [2.75, 3.05) is 6.61 Å². The number of ether oxygens (including phenoxy) is 2. The smallest absolute Gasteiger partial charge is 0.187 e. The largest absolute Gasteiger partial charge is 0.394 e. The SMILES string of the molecule is CC(C)CC[C@]1(O)C(=O)C(C)(C)[C@H](O[C@@H]2O[C@H](CO)[C@@H](O)[C@H](O)[C@H]2O)C(C)(C)[C@@H]1O. The van der Waals surface area contributed by atoms with E-state index in [0.29, 0.717) is 6.42 Å². The van der Waals surface area contributed by atoms with Crippen LogP contribution in [0.15, 0.2) is 0 Å². The van der Waals surface area contributed by atoms with Gasteiger partial charge in [0.1, 0.15) is 30.0 Å². The molecule has 0 unspecified atom stereocenters. The summed E-state index contributed by atoms with van der Waals surface area (Å²) in [4.78, 5) is 13.3. The molecule has 1 aliphatic carbocycles. The summed E-state index contributed by atoms with van der Waals surface area (Å²) in [6.45, 7) is 9.81. The molecule has 0 aromatic carbocycles. The van der Waals surface area contributed by atoms with Crippen molar-refractivity contribution in [2.45, 2.75) is 103 Å². The maximum absolute atomic E-state index is 13.3. The first-order chi connectivity index (χ1) is 13.6. The molecule has 0 amide bonds. The second-order valence-electron chi connectivity index (χ2n) is 10.3. The predicted molar refractivity (Wildman–Crippen MR) is 106 cm³/mol. The lowest BCUT2D eigenvalue weighted by Crippen LogP contribution is -2.72. The summed E-state index contributed by atoms with van der Waals surface area (Å²) in [5.74, 6) is -0.347. The van der Waals surface area contributed by atoms with E-state index in [1.54, 1.807) is 27.7 Å². The first kappa shape index (κ1) is 25.6. The molecule has 176 valence electrons. The zero-order chi connectivity index (χ0) is 23.2. The van der Waals surface area contributed by atoms with Crippen LogP contribution in [0.3, 0.4) is 0 Å². The number of hydrogen-bond acceptors (Lipinski definition) is 9. The highest BCUT2D eigenvalue weighted by Crippen LogP contribution is 2.52. The molecule has 1 saturated heterocycles. The Morgan fingerprint density at radius 1 is 1.03 bits per heavy atom. The van der Waals surface area contributed by atoms with Crippen LogP contribution in [-0.4, -0.2) is 91.5 Å². The summed E-state index contributed by atoms with van der Waals surface area (Å²) in [6.07, 6.45) is -9.22. The second kappa shape index (κ2) is 8.71. The summed E-state index contributed by atoms with van der Waals surface area (Å²) in [5, 5.41) is 62.0. The molecule has 30 heavy (non-hydrogen) atoms. The van der Waals surface area contributed by atoms with Crippen LogP contribution >= 0.6 is 0 Å². The Bertz CT molecular complexity index is 618. The topological polar surface area (TPSA) is 157 Å². The van der Waals surface area contributed by atoms with Crippen molar-refractivity contribution in [3.05, 3.63) is 0 Å². The van der Waals surface area contributed by atoms with Crippen LogP contribution in [0.25, 0.3) is 0 Å². The molecular formula is C21H38O9. The Kier molecular flexibility index (Phi) is 7.43. The molecule has 8 atom stereocenters. The highest BCUT2D eigenvalue weighted by Gasteiger charge is 2.66. The molecule has 2 aliphatic rings. The molecule has 1 aliphatic heterocycles. The van der Waals surface area contributed by atoms with Crippen LogP contribution in [0, 0.1) is 16.7 Å². The van der Waals surface area contributed by atoms with Gasteiger partial charge >= 0.3 is 0 Å². The number of aliphatic hydroxyl groups is 6. The van der Waals surface area contributed by atoms with Crippen LogP contribution < -0.4 is 0 Å². The van der Waals surface area contributed by atoms with Gasteiger partial charge in [-0.25, -0.2) is 0 Å². The Morgan fingerprint density at radius 2 is 1.60 bits per heavy atom. The summed E-state index contributed by atoms with van der Waals surface area (Å²) in [7, 11) is 0. The summed E-state index contributed by atoms with van der Waals surface area (Å²) in [6, 6.07) is 0. The molecule has 0 radical (unpaired) electrons. The summed E-state index contributed by atoms with van der Waals surface area (Å²) in [5.41, 5.74) is -4.36. The normalized spacial score (nSPS) is 43.8. The van der Waals surface area contributed by atoms with Gasteiger partial charge in [-0.15, -0.1) is 0 Å². The quantitative estimate of drug-likeness (QED) is 0.319. The number of aliphatic hydroxyl groups excluding tert-OH is 5. The van der Waals surface area contributed by atoms with Crippen molar-refractivity contribution >= 4 is 5.78 Å². The number of ketones is 1. The lowest BCUT2D eigenvalue weighted by Gasteiger charge is -2.57. The summed E-state index contributed by atoms with van der Waals surface area (Å²) >= 11 is 0. The number of rotatable bonds is 6. The highest BCUT2D eigenvalue weighted by atomic mass is 16.7. The average Bonchev–Trinajstić information content (AvgIpc) is 2.67. The molecule has 0 aromatic heterocycles. The predicted octanol–water partition coefficient (Wildman–Crippen LogP) is -0.665. The Hall–Kier alpha value is -0.650. The molecule has 2 rings (SSSR count). The van der Waals surface area contributed by atoms with Gasteiger partial charge in [-0.05, 0) is 18.8 Å². The Labute approximate surface area is 177 Å².